The van der Waals surface area contributed by atoms with E-state index in [9.17, 15) is 4.79 Å². The van der Waals surface area contributed by atoms with Gasteiger partial charge in [-0.25, -0.2) is 0 Å². The predicted molar refractivity (Wildman–Crippen MR) is 136 cm³/mol. The van der Waals surface area contributed by atoms with Gasteiger partial charge < -0.3 is 4.90 Å². The first-order valence-electron chi connectivity index (χ1n) is 12.1. The molecular formula is C28H37ClN2O. The van der Waals surface area contributed by atoms with Crippen molar-refractivity contribution in [2.24, 2.45) is 0 Å². The maximum absolute atomic E-state index is 12.8. The largest absolute Gasteiger partial charge is 0.339 e. The Bertz CT molecular complexity index is 902. The van der Waals surface area contributed by atoms with E-state index in [-0.39, 0.29) is 18.3 Å². The van der Waals surface area contributed by atoms with E-state index in [1.807, 2.05) is 30.9 Å². The molecule has 4 rings (SSSR count). The van der Waals surface area contributed by atoms with Crippen molar-refractivity contribution >= 4 is 23.9 Å². The summed E-state index contributed by atoms with van der Waals surface area (Å²) in [6.07, 6.45) is 6.22. The Balaban J connectivity index is 0.00000289. The van der Waals surface area contributed by atoms with Gasteiger partial charge in [-0.1, -0.05) is 55.0 Å². The van der Waals surface area contributed by atoms with Crippen LogP contribution in [0.2, 0.25) is 0 Å². The van der Waals surface area contributed by atoms with Crippen molar-refractivity contribution in [1.29, 1.82) is 0 Å². The Hall–Kier alpha value is -2.10. The maximum Gasteiger partial charge on any atom is 0.253 e. The molecule has 2 aliphatic rings. The van der Waals surface area contributed by atoms with E-state index in [2.05, 4.69) is 54.3 Å². The van der Waals surface area contributed by atoms with Crippen LogP contribution in [-0.4, -0.2) is 47.4 Å². The third-order valence-corrected chi connectivity index (χ3v) is 7.10. The molecule has 0 aromatic heterocycles. The fourth-order valence-corrected chi connectivity index (χ4v) is 5.59. The van der Waals surface area contributed by atoms with Crippen molar-refractivity contribution in [3.05, 3.63) is 76.9 Å². The van der Waals surface area contributed by atoms with E-state index < -0.39 is 0 Å². The highest BCUT2D eigenvalue weighted by atomic mass is 35.5. The number of nitrogens with zero attached hydrogens (tertiary/aromatic N) is 2. The fraction of sp³-hybridized carbons (Fsp3) is 0.464. The first-order chi connectivity index (χ1) is 15.2. The zero-order valence-electron chi connectivity index (χ0n) is 19.7. The van der Waals surface area contributed by atoms with Gasteiger partial charge in [0.25, 0.3) is 5.91 Å². The van der Waals surface area contributed by atoms with Gasteiger partial charge in [-0.05, 0) is 81.3 Å². The third kappa shape index (κ3) is 4.94. The predicted octanol–water partition coefficient (Wildman–Crippen LogP) is 6.43. The summed E-state index contributed by atoms with van der Waals surface area (Å²) in [5.41, 5.74) is 6.29. The highest BCUT2D eigenvalue weighted by Crippen LogP contribution is 2.42. The highest BCUT2D eigenvalue weighted by molar-refractivity contribution is 5.95. The minimum absolute atomic E-state index is 0. The lowest BCUT2D eigenvalue weighted by Gasteiger charge is -2.37. The number of carbonyl (C=O) groups is 1. The SMILES string of the molecule is CCCN1C2CCC1CC(=C(c1ccccc1)c1ccc(C(=O)N(CC)CC)cc1)C2.Cl. The first-order valence-corrected chi connectivity index (χ1v) is 12.1. The lowest BCUT2D eigenvalue weighted by Crippen LogP contribution is -2.41. The van der Waals surface area contributed by atoms with Crippen LogP contribution >= 0.6 is 12.4 Å². The average Bonchev–Trinajstić information content (AvgIpc) is 3.03. The second-order valence-electron chi connectivity index (χ2n) is 8.93. The number of rotatable bonds is 7. The quantitative estimate of drug-likeness (QED) is 0.483. The van der Waals surface area contributed by atoms with Crippen LogP contribution in [0.3, 0.4) is 0 Å². The normalized spacial score (nSPS) is 20.0. The van der Waals surface area contributed by atoms with Crippen LogP contribution in [0.4, 0.5) is 0 Å². The molecular weight excluding hydrogens is 416 g/mol. The Morgan fingerprint density at radius 3 is 1.91 bits per heavy atom. The third-order valence-electron chi connectivity index (χ3n) is 7.10. The van der Waals surface area contributed by atoms with Crippen LogP contribution < -0.4 is 0 Å². The number of carbonyl (C=O) groups excluding carboxylic acids is 1. The van der Waals surface area contributed by atoms with Gasteiger partial charge in [-0.15, -0.1) is 12.4 Å². The summed E-state index contributed by atoms with van der Waals surface area (Å²) in [4.78, 5) is 17.4. The van der Waals surface area contributed by atoms with Crippen molar-refractivity contribution in [3.63, 3.8) is 0 Å². The van der Waals surface area contributed by atoms with Crippen LogP contribution in [0.1, 0.15) is 74.4 Å². The molecule has 0 spiro atoms. The smallest absolute Gasteiger partial charge is 0.253 e. The summed E-state index contributed by atoms with van der Waals surface area (Å²) in [6, 6.07) is 20.6. The Labute approximate surface area is 199 Å². The van der Waals surface area contributed by atoms with Crippen molar-refractivity contribution in [1.82, 2.24) is 9.80 Å². The first kappa shape index (κ1) is 24.5. The Morgan fingerprint density at radius 1 is 0.844 bits per heavy atom. The molecule has 0 saturated carbocycles. The molecule has 2 atom stereocenters. The number of amides is 1. The summed E-state index contributed by atoms with van der Waals surface area (Å²) >= 11 is 0. The number of benzene rings is 2. The van der Waals surface area contributed by atoms with E-state index >= 15 is 0 Å². The van der Waals surface area contributed by atoms with Gasteiger partial charge in [0.2, 0.25) is 0 Å². The van der Waals surface area contributed by atoms with E-state index in [0.29, 0.717) is 12.1 Å². The molecule has 2 aromatic carbocycles. The second kappa shape index (κ2) is 11.2. The van der Waals surface area contributed by atoms with Gasteiger partial charge in [0.1, 0.15) is 0 Å². The van der Waals surface area contributed by atoms with Crippen molar-refractivity contribution in [2.45, 2.75) is 65.0 Å². The summed E-state index contributed by atoms with van der Waals surface area (Å²) in [7, 11) is 0. The maximum atomic E-state index is 12.8. The van der Waals surface area contributed by atoms with Gasteiger partial charge >= 0.3 is 0 Å². The number of fused-ring (bicyclic) bond motifs is 2. The topological polar surface area (TPSA) is 23.6 Å². The van der Waals surface area contributed by atoms with Crippen LogP contribution in [0.5, 0.6) is 0 Å². The molecule has 2 aromatic rings. The van der Waals surface area contributed by atoms with E-state index in [1.165, 1.54) is 55.3 Å². The van der Waals surface area contributed by atoms with E-state index in [0.717, 1.165) is 18.7 Å². The Kier molecular flexibility index (Phi) is 8.56. The molecule has 2 saturated heterocycles. The Morgan fingerprint density at radius 2 is 1.38 bits per heavy atom. The molecule has 2 fully saturated rings. The molecule has 2 unspecified atom stereocenters. The number of halogens is 1. The van der Waals surface area contributed by atoms with Crippen molar-refractivity contribution < 1.29 is 4.79 Å². The molecule has 0 radical (unpaired) electrons. The molecule has 3 nitrogen and oxygen atoms in total. The lowest BCUT2D eigenvalue weighted by molar-refractivity contribution is 0.0773. The van der Waals surface area contributed by atoms with Crippen molar-refractivity contribution in [2.75, 3.05) is 19.6 Å². The van der Waals surface area contributed by atoms with E-state index in [1.54, 1.807) is 5.57 Å². The summed E-state index contributed by atoms with van der Waals surface area (Å²) in [5.74, 6) is 0.122. The monoisotopic (exact) mass is 452 g/mol. The van der Waals surface area contributed by atoms with Gasteiger partial charge in [-0.3, -0.25) is 9.69 Å². The van der Waals surface area contributed by atoms with E-state index in [4.69, 9.17) is 0 Å². The molecule has 1 amide bonds. The van der Waals surface area contributed by atoms with Crippen LogP contribution in [0.15, 0.2) is 60.2 Å². The van der Waals surface area contributed by atoms with Crippen LogP contribution in [0.25, 0.3) is 5.57 Å². The van der Waals surface area contributed by atoms with Gasteiger partial charge in [0.05, 0.1) is 0 Å². The zero-order valence-corrected chi connectivity index (χ0v) is 20.5. The molecule has 2 bridgehead atoms. The summed E-state index contributed by atoms with van der Waals surface area (Å²) < 4.78 is 0. The van der Waals surface area contributed by atoms with Crippen LogP contribution in [-0.2, 0) is 0 Å². The molecule has 32 heavy (non-hydrogen) atoms. The minimum atomic E-state index is 0. The van der Waals surface area contributed by atoms with Gasteiger partial charge in [-0.2, -0.15) is 0 Å². The summed E-state index contributed by atoms with van der Waals surface area (Å²) in [6.45, 7) is 9.08. The molecule has 0 N–H and O–H groups in total. The summed E-state index contributed by atoms with van der Waals surface area (Å²) in [5, 5.41) is 0. The zero-order chi connectivity index (χ0) is 21.8. The van der Waals surface area contributed by atoms with Crippen LogP contribution in [0, 0.1) is 0 Å². The molecule has 2 heterocycles. The fourth-order valence-electron chi connectivity index (χ4n) is 5.59. The molecule has 2 aliphatic heterocycles. The number of piperidine rings is 1. The number of hydrogen-bond donors (Lipinski definition) is 0. The molecule has 172 valence electrons. The standard InChI is InChI=1S/C28H36N2O.ClH/c1-4-18-30-25-16-17-26(30)20-24(19-25)27(21-10-8-7-9-11-21)22-12-14-23(15-13-22)28(31)29(5-2)6-3;/h7-15,25-26H,4-6,16-20H2,1-3H3;1H. The minimum Gasteiger partial charge on any atom is -0.339 e. The lowest BCUT2D eigenvalue weighted by atomic mass is 9.85. The molecule has 0 aliphatic carbocycles. The van der Waals surface area contributed by atoms with Crippen molar-refractivity contribution in [3.8, 4) is 0 Å². The number of hydrogen-bond acceptors (Lipinski definition) is 2. The van der Waals surface area contributed by atoms with Gasteiger partial charge in [0, 0.05) is 30.7 Å². The highest BCUT2D eigenvalue weighted by Gasteiger charge is 2.38. The molecule has 4 heteroatoms. The van der Waals surface area contributed by atoms with Gasteiger partial charge in [0.15, 0.2) is 0 Å². The average molecular weight is 453 g/mol. The second-order valence-corrected chi connectivity index (χ2v) is 8.93.